The number of benzene rings is 1. The summed E-state index contributed by atoms with van der Waals surface area (Å²) in [4.78, 5) is 14.4. The van der Waals surface area contributed by atoms with E-state index in [4.69, 9.17) is 14.0 Å². The second-order valence-corrected chi connectivity index (χ2v) is 10.6. The first-order valence-electron chi connectivity index (χ1n) is 12.5. The molecule has 0 spiro atoms. The minimum Gasteiger partial charge on any atom is -0.445 e. The largest absolute Gasteiger partial charge is 0.461 e. The van der Waals surface area contributed by atoms with Crippen LogP contribution in [0, 0.1) is 5.92 Å². The second kappa shape index (κ2) is 11.1. The number of carbonyl (C=O) groups excluding carboxylic acids is 1. The zero-order valence-corrected chi connectivity index (χ0v) is 20.8. The lowest BCUT2D eigenvalue weighted by Gasteiger charge is -2.33. The Morgan fingerprint density at radius 2 is 1.72 bits per heavy atom. The lowest BCUT2D eigenvalue weighted by molar-refractivity contribution is 0.00578. The van der Waals surface area contributed by atoms with Crippen LogP contribution in [0.2, 0.25) is 5.82 Å². The van der Waals surface area contributed by atoms with Crippen LogP contribution in [0.1, 0.15) is 85.1 Å². The van der Waals surface area contributed by atoms with E-state index in [1.54, 1.807) is 0 Å². The quantitative estimate of drug-likeness (QED) is 0.324. The lowest BCUT2D eigenvalue weighted by atomic mass is 9.64. The van der Waals surface area contributed by atoms with E-state index in [1.807, 2.05) is 35.2 Å². The number of carbonyl (C=O) groups is 1. The summed E-state index contributed by atoms with van der Waals surface area (Å²) in [6.07, 6.45) is 7.78. The van der Waals surface area contributed by atoms with Gasteiger partial charge in [-0.25, -0.2) is 4.79 Å². The van der Waals surface area contributed by atoms with Gasteiger partial charge in [-0.1, -0.05) is 62.9 Å². The van der Waals surface area contributed by atoms with E-state index < -0.39 is 0 Å². The second-order valence-electron chi connectivity index (χ2n) is 10.6. The van der Waals surface area contributed by atoms with Crippen LogP contribution < -0.4 is 0 Å². The van der Waals surface area contributed by atoms with Gasteiger partial charge in [0.15, 0.2) is 0 Å². The number of amides is 1. The van der Waals surface area contributed by atoms with E-state index in [2.05, 4.69) is 34.6 Å². The Bertz CT molecular complexity index is 700. The number of rotatable bonds is 9. The van der Waals surface area contributed by atoms with Crippen LogP contribution in [0.15, 0.2) is 30.3 Å². The van der Waals surface area contributed by atoms with Crippen molar-refractivity contribution in [1.82, 2.24) is 4.90 Å². The molecular weight excluding hydrogens is 401 g/mol. The Balaban J connectivity index is 1.49. The summed E-state index contributed by atoms with van der Waals surface area (Å²) in [6, 6.07) is 9.86. The minimum absolute atomic E-state index is 0.134. The Morgan fingerprint density at radius 3 is 2.31 bits per heavy atom. The molecule has 1 aromatic carbocycles. The molecule has 0 radical (unpaired) electrons. The van der Waals surface area contributed by atoms with Crippen molar-refractivity contribution < 1.29 is 18.8 Å². The van der Waals surface area contributed by atoms with E-state index in [9.17, 15) is 4.79 Å². The van der Waals surface area contributed by atoms with E-state index in [0.29, 0.717) is 18.3 Å². The van der Waals surface area contributed by atoms with Crippen molar-refractivity contribution in [3.63, 3.8) is 0 Å². The van der Waals surface area contributed by atoms with Crippen molar-refractivity contribution in [3.05, 3.63) is 35.9 Å². The molecule has 2 aliphatic rings. The molecule has 32 heavy (non-hydrogen) atoms. The molecule has 2 saturated heterocycles. The van der Waals surface area contributed by atoms with Gasteiger partial charge in [0, 0.05) is 13.1 Å². The number of hydrogen-bond acceptors (Lipinski definition) is 4. The molecule has 2 fully saturated rings. The van der Waals surface area contributed by atoms with Gasteiger partial charge in [-0.15, -0.1) is 0 Å². The van der Waals surface area contributed by atoms with Crippen molar-refractivity contribution in [3.8, 4) is 0 Å². The molecule has 0 aromatic heterocycles. The number of unbranched alkanes of at least 4 members (excludes halogenated alkanes) is 2. The number of piperidine rings is 1. The normalized spacial score (nSPS) is 21.5. The lowest BCUT2D eigenvalue weighted by Crippen LogP contribution is -2.41. The summed E-state index contributed by atoms with van der Waals surface area (Å²) in [5, 5.41) is 0. The summed E-state index contributed by atoms with van der Waals surface area (Å²) in [5.74, 6) is 1.00. The van der Waals surface area contributed by atoms with Crippen LogP contribution in [0.3, 0.4) is 0 Å². The molecule has 2 aliphatic heterocycles. The molecule has 0 unspecified atom stereocenters. The van der Waals surface area contributed by atoms with Gasteiger partial charge in [0.2, 0.25) is 0 Å². The van der Waals surface area contributed by atoms with E-state index in [1.165, 1.54) is 19.3 Å². The van der Waals surface area contributed by atoms with Gasteiger partial charge in [-0.3, -0.25) is 0 Å². The predicted molar refractivity (Wildman–Crippen MR) is 130 cm³/mol. The molecule has 1 aromatic rings. The van der Waals surface area contributed by atoms with Crippen molar-refractivity contribution in [2.75, 3.05) is 13.1 Å². The summed E-state index contributed by atoms with van der Waals surface area (Å²) >= 11 is 0. The number of hydrogen-bond donors (Lipinski definition) is 0. The van der Waals surface area contributed by atoms with Gasteiger partial charge in [0.1, 0.15) is 6.61 Å². The monoisotopic (exact) mass is 443 g/mol. The van der Waals surface area contributed by atoms with Gasteiger partial charge in [0.25, 0.3) is 0 Å². The molecule has 2 heterocycles. The molecule has 3 rings (SSSR count). The van der Waals surface area contributed by atoms with E-state index >= 15 is 0 Å². The van der Waals surface area contributed by atoms with Crippen molar-refractivity contribution in [1.29, 1.82) is 0 Å². The van der Waals surface area contributed by atoms with Crippen molar-refractivity contribution in [2.45, 2.75) is 103 Å². The average molecular weight is 443 g/mol. The molecular formula is C26H42BNO4. The molecule has 178 valence electrons. The van der Waals surface area contributed by atoms with Crippen LogP contribution >= 0.6 is 0 Å². The van der Waals surface area contributed by atoms with Crippen LogP contribution in [0.4, 0.5) is 4.79 Å². The van der Waals surface area contributed by atoms with Crippen LogP contribution in [0.25, 0.3) is 0 Å². The van der Waals surface area contributed by atoms with Crippen molar-refractivity contribution >= 4 is 13.2 Å². The summed E-state index contributed by atoms with van der Waals surface area (Å²) in [7, 11) is -0.134. The first-order chi connectivity index (χ1) is 15.2. The number of likely N-dealkylation sites (tertiary alicyclic amines) is 1. The Kier molecular flexibility index (Phi) is 8.68. The summed E-state index contributed by atoms with van der Waals surface area (Å²) < 4.78 is 18.4. The highest BCUT2D eigenvalue weighted by Gasteiger charge is 2.53. The van der Waals surface area contributed by atoms with Crippen molar-refractivity contribution in [2.24, 2.45) is 5.92 Å². The Labute approximate surface area is 195 Å². The van der Waals surface area contributed by atoms with Gasteiger partial charge < -0.3 is 18.9 Å². The fourth-order valence-corrected chi connectivity index (χ4v) is 4.69. The average Bonchev–Trinajstić information content (AvgIpc) is 2.99. The zero-order valence-electron chi connectivity index (χ0n) is 20.8. The third-order valence-corrected chi connectivity index (χ3v) is 7.55. The fourth-order valence-electron chi connectivity index (χ4n) is 4.69. The van der Waals surface area contributed by atoms with Crippen LogP contribution in [-0.2, 0) is 20.7 Å². The number of ether oxygens (including phenoxy) is 1. The predicted octanol–water partition coefficient (Wildman–Crippen LogP) is 6.47. The minimum atomic E-state index is -0.285. The third-order valence-electron chi connectivity index (χ3n) is 7.55. The Morgan fingerprint density at radius 1 is 1.09 bits per heavy atom. The molecule has 0 bridgehead atoms. The van der Waals surface area contributed by atoms with Crippen LogP contribution in [0.5, 0.6) is 0 Å². The van der Waals surface area contributed by atoms with Gasteiger partial charge in [0.05, 0.1) is 11.2 Å². The SMILES string of the molecule is CCCCC[C@@H](CC1CCN(C(=O)OCc2ccccc2)CC1)B1OC(C)(C)C(C)(C)O1. The van der Waals surface area contributed by atoms with Crippen LogP contribution in [-0.4, -0.2) is 42.4 Å². The molecule has 6 heteroatoms. The third kappa shape index (κ3) is 6.51. The standard InChI is InChI=1S/C26H42BNO4/c1-6-7-9-14-23(27-31-25(2,3)26(4,5)32-27)19-21-15-17-28(18-16-21)24(29)30-20-22-12-10-8-11-13-22/h8,10-13,21,23H,6-7,9,14-20H2,1-5H3/t23-/m0/s1. The van der Waals surface area contributed by atoms with E-state index in [0.717, 1.165) is 44.3 Å². The van der Waals surface area contributed by atoms with Gasteiger partial charge in [-0.05, 0) is 64.3 Å². The highest BCUT2D eigenvalue weighted by atomic mass is 16.7. The maximum absolute atomic E-state index is 12.5. The van der Waals surface area contributed by atoms with E-state index in [-0.39, 0.29) is 24.4 Å². The maximum Gasteiger partial charge on any atom is 0.461 e. The molecule has 0 aliphatic carbocycles. The highest BCUT2D eigenvalue weighted by Crippen LogP contribution is 2.44. The van der Waals surface area contributed by atoms with Gasteiger partial charge in [-0.2, -0.15) is 0 Å². The number of nitrogens with zero attached hydrogens (tertiary/aromatic N) is 1. The Hall–Kier alpha value is -1.53. The molecule has 1 amide bonds. The molecule has 1 atom stereocenters. The molecule has 5 nitrogen and oxygen atoms in total. The highest BCUT2D eigenvalue weighted by molar-refractivity contribution is 6.47. The first kappa shape index (κ1) is 25.1. The van der Waals surface area contributed by atoms with Gasteiger partial charge >= 0.3 is 13.2 Å². The summed E-state index contributed by atoms with van der Waals surface area (Å²) in [6.45, 7) is 12.7. The maximum atomic E-state index is 12.5. The topological polar surface area (TPSA) is 48.0 Å². The molecule has 0 N–H and O–H groups in total. The smallest absolute Gasteiger partial charge is 0.445 e. The first-order valence-corrected chi connectivity index (χ1v) is 12.5. The zero-order chi connectivity index (χ0) is 23.2. The summed E-state index contributed by atoms with van der Waals surface area (Å²) in [5.41, 5.74) is 0.451. The fraction of sp³-hybridized carbons (Fsp3) is 0.731. The molecule has 0 saturated carbocycles.